The van der Waals surface area contributed by atoms with Gasteiger partial charge >= 0.3 is 12.1 Å². The molecule has 1 aromatic heterocycles. The van der Waals surface area contributed by atoms with E-state index in [1.54, 1.807) is 71.0 Å². The molecule has 11 heteroatoms. The largest absolute Gasteiger partial charge is 0.444 e. The zero-order valence-electron chi connectivity index (χ0n) is 20.0. The normalized spacial score (nSPS) is 12.2. The van der Waals surface area contributed by atoms with Crippen molar-refractivity contribution in [2.45, 2.75) is 46.3 Å². The van der Waals surface area contributed by atoms with Crippen LogP contribution in [0.2, 0.25) is 10.0 Å². The monoisotopic (exact) mass is 519 g/mol. The van der Waals surface area contributed by atoms with Gasteiger partial charge in [0.25, 0.3) is 5.56 Å². The highest BCUT2D eigenvalue weighted by atomic mass is 35.5. The van der Waals surface area contributed by atoms with Gasteiger partial charge in [0.05, 0.1) is 32.7 Å². The number of hydrogen-bond donors (Lipinski definition) is 3. The molecule has 1 atom stereocenters. The Kier molecular flexibility index (Phi) is 7.92. The number of carbonyl (C=O) groups excluding carboxylic acids is 2. The van der Waals surface area contributed by atoms with Crippen LogP contribution in [-0.4, -0.2) is 33.8 Å². The quantitative estimate of drug-likeness (QED) is 0.416. The molecule has 3 amide bonds. The molecule has 0 saturated heterocycles. The van der Waals surface area contributed by atoms with Crippen molar-refractivity contribution >= 4 is 51.9 Å². The third kappa shape index (κ3) is 6.23. The summed E-state index contributed by atoms with van der Waals surface area (Å²) in [5.41, 5.74) is -0.172. The number of nitrogens with one attached hydrogen (secondary N) is 3. The summed E-state index contributed by atoms with van der Waals surface area (Å²) in [6.07, 6.45) is -0.672. The first-order valence-corrected chi connectivity index (χ1v) is 11.7. The van der Waals surface area contributed by atoms with Gasteiger partial charge < -0.3 is 20.7 Å². The van der Waals surface area contributed by atoms with E-state index in [2.05, 4.69) is 20.9 Å². The van der Waals surface area contributed by atoms with E-state index >= 15 is 0 Å². The number of aromatic nitrogens is 2. The van der Waals surface area contributed by atoms with Crippen molar-refractivity contribution in [1.29, 1.82) is 0 Å². The van der Waals surface area contributed by atoms with Crippen molar-refractivity contribution < 1.29 is 14.3 Å². The molecule has 0 aliphatic heterocycles. The summed E-state index contributed by atoms with van der Waals surface area (Å²) in [4.78, 5) is 42.8. The minimum Gasteiger partial charge on any atom is -0.444 e. The van der Waals surface area contributed by atoms with Gasteiger partial charge in [-0.15, -0.1) is 0 Å². The van der Waals surface area contributed by atoms with Crippen molar-refractivity contribution in [3.05, 3.63) is 62.6 Å². The first kappa shape index (κ1) is 26.3. The second-order valence-electron chi connectivity index (χ2n) is 8.76. The Bertz CT molecular complexity index is 1330. The lowest BCUT2D eigenvalue weighted by Gasteiger charge is -2.24. The summed E-state index contributed by atoms with van der Waals surface area (Å²) >= 11 is 12.8. The third-order valence-electron chi connectivity index (χ3n) is 4.78. The van der Waals surface area contributed by atoms with Gasteiger partial charge in [-0.1, -0.05) is 29.3 Å². The summed E-state index contributed by atoms with van der Waals surface area (Å²) in [5.74, 6) is 0.202. The highest BCUT2D eigenvalue weighted by Crippen LogP contribution is 2.28. The molecule has 0 fully saturated rings. The van der Waals surface area contributed by atoms with Crippen LogP contribution in [0.15, 0.2) is 41.2 Å². The number of hydrogen-bond acceptors (Lipinski definition) is 5. The number of urea groups is 1. The fraction of sp³-hybridized carbons (Fsp3) is 0.333. The molecule has 3 rings (SSSR count). The van der Waals surface area contributed by atoms with E-state index in [0.29, 0.717) is 17.7 Å². The minimum absolute atomic E-state index is 0.195. The predicted octanol–water partition coefficient (Wildman–Crippen LogP) is 5.42. The van der Waals surface area contributed by atoms with Crippen LogP contribution in [0.25, 0.3) is 16.6 Å². The molecule has 0 spiro atoms. The number of rotatable bonds is 5. The second kappa shape index (κ2) is 10.5. The van der Waals surface area contributed by atoms with E-state index in [4.69, 9.17) is 27.9 Å². The Labute approximate surface area is 212 Å². The maximum absolute atomic E-state index is 13.7. The van der Waals surface area contributed by atoms with Gasteiger partial charge in [0.2, 0.25) is 0 Å². The van der Waals surface area contributed by atoms with Gasteiger partial charge in [0.1, 0.15) is 11.4 Å². The number of anilines is 1. The average Bonchev–Trinajstić information content (AvgIpc) is 2.74. The summed E-state index contributed by atoms with van der Waals surface area (Å²) in [6, 6.07) is 8.48. The molecule has 0 radical (unpaired) electrons. The van der Waals surface area contributed by atoms with Crippen molar-refractivity contribution in [1.82, 2.24) is 20.2 Å². The number of ether oxygens (including phenoxy) is 1. The molecule has 35 heavy (non-hydrogen) atoms. The molecule has 186 valence electrons. The zero-order valence-corrected chi connectivity index (χ0v) is 21.5. The third-order valence-corrected chi connectivity index (χ3v) is 5.41. The van der Waals surface area contributed by atoms with Gasteiger partial charge in [0, 0.05) is 12.2 Å². The molecular weight excluding hydrogens is 493 g/mol. The second-order valence-corrected chi connectivity index (χ2v) is 9.58. The zero-order chi connectivity index (χ0) is 25.9. The molecule has 3 aromatic rings. The van der Waals surface area contributed by atoms with E-state index in [1.807, 2.05) is 0 Å². The first-order chi connectivity index (χ1) is 16.4. The van der Waals surface area contributed by atoms with Gasteiger partial charge in [-0.05, 0) is 65.0 Å². The van der Waals surface area contributed by atoms with Crippen LogP contribution in [0.5, 0.6) is 0 Å². The van der Waals surface area contributed by atoms with Crippen LogP contribution >= 0.6 is 23.2 Å². The van der Waals surface area contributed by atoms with Crippen LogP contribution in [-0.2, 0) is 4.74 Å². The highest BCUT2D eigenvalue weighted by molar-refractivity contribution is 6.35. The Morgan fingerprint density at radius 2 is 1.86 bits per heavy atom. The molecular formula is C24H27Cl2N5O4. The van der Waals surface area contributed by atoms with Crippen LogP contribution in [0.4, 0.5) is 15.3 Å². The Balaban J connectivity index is 2.20. The Hall–Kier alpha value is -3.30. The van der Waals surface area contributed by atoms with E-state index < -0.39 is 29.3 Å². The fourth-order valence-corrected chi connectivity index (χ4v) is 3.83. The van der Waals surface area contributed by atoms with Crippen LogP contribution in [0.1, 0.15) is 46.5 Å². The molecule has 0 unspecified atom stereocenters. The van der Waals surface area contributed by atoms with E-state index in [1.165, 1.54) is 4.57 Å². The maximum Gasteiger partial charge on any atom is 0.408 e. The average molecular weight is 520 g/mol. The summed E-state index contributed by atoms with van der Waals surface area (Å²) in [7, 11) is 0. The summed E-state index contributed by atoms with van der Waals surface area (Å²) in [6.45, 7) is 9.14. The van der Waals surface area contributed by atoms with Crippen LogP contribution in [0.3, 0.4) is 0 Å². The van der Waals surface area contributed by atoms with Crippen LogP contribution in [0, 0.1) is 0 Å². The number of halogens is 2. The smallest absolute Gasteiger partial charge is 0.408 e. The van der Waals surface area contributed by atoms with Gasteiger partial charge in [-0.25, -0.2) is 14.6 Å². The minimum atomic E-state index is -0.753. The molecule has 0 aliphatic carbocycles. The lowest BCUT2D eigenvalue weighted by molar-refractivity contribution is 0.0505. The molecule has 0 saturated carbocycles. The molecule has 3 N–H and O–H groups in total. The van der Waals surface area contributed by atoms with Crippen LogP contribution < -0.4 is 21.5 Å². The molecule has 1 heterocycles. The standard InChI is InChI=1S/C24H27Cl2N5O4/c1-6-27-22(33)29-14-10-11-15(25)18(12-14)31-20(13(2)28-23(34)35-24(3,4)5)30-17-9-7-8-16(26)19(17)21(31)32/h7-13H,6H2,1-5H3,(H,28,34)(H2,27,29,33)/t13-/m0/s1. The highest BCUT2D eigenvalue weighted by Gasteiger charge is 2.24. The fourth-order valence-electron chi connectivity index (χ4n) is 3.38. The number of carbonyl (C=O) groups is 2. The number of amides is 3. The molecule has 0 bridgehead atoms. The topological polar surface area (TPSA) is 114 Å². The maximum atomic E-state index is 13.7. The number of fused-ring (bicyclic) bond motifs is 1. The Morgan fingerprint density at radius 1 is 1.14 bits per heavy atom. The molecule has 2 aromatic carbocycles. The van der Waals surface area contributed by atoms with E-state index in [9.17, 15) is 14.4 Å². The molecule has 0 aliphatic rings. The van der Waals surface area contributed by atoms with Crippen molar-refractivity contribution in [2.75, 3.05) is 11.9 Å². The Morgan fingerprint density at radius 3 is 2.51 bits per heavy atom. The number of benzene rings is 2. The summed E-state index contributed by atoms with van der Waals surface area (Å²) < 4.78 is 6.63. The van der Waals surface area contributed by atoms with E-state index in [-0.39, 0.29) is 26.9 Å². The molecule has 9 nitrogen and oxygen atoms in total. The van der Waals surface area contributed by atoms with Crippen molar-refractivity contribution in [3.8, 4) is 5.69 Å². The summed E-state index contributed by atoms with van der Waals surface area (Å²) in [5, 5.41) is 8.69. The first-order valence-electron chi connectivity index (χ1n) is 11.0. The predicted molar refractivity (Wildman–Crippen MR) is 138 cm³/mol. The van der Waals surface area contributed by atoms with Crippen molar-refractivity contribution in [3.63, 3.8) is 0 Å². The van der Waals surface area contributed by atoms with Gasteiger partial charge in [0.15, 0.2) is 0 Å². The van der Waals surface area contributed by atoms with Crippen molar-refractivity contribution in [2.24, 2.45) is 0 Å². The SMILES string of the molecule is CCNC(=O)Nc1ccc(Cl)c(-n2c([C@H](C)NC(=O)OC(C)(C)C)nc3cccc(Cl)c3c2=O)c1. The van der Waals surface area contributed by atoms with Gasteiger partial charge in [-0.3, -0.25) is 9.36 Å². The number of nitrogens with zero attached hydrogens (tertiary/aromatic N) is 2. The van der Waals surface area contributed by atoms with E-state index in [0.717, 1.165) is 0 Å². The number of alkyl carbamates (subject to hydrolysis) is 1. The lowest BCUT2D eigenvalue weighted by Crippen LogP contribution is -2.37. The van der Waals surface area contributed by atoms with Gasteiger partial charge in [-0.2, -0.15) is 0 Å². The lowest BCUT2D eigenvalue weighted by atomic mass is 10.2.